The number of aromatic nitrogens is 2. The molecule has 0 radical (unpaired) electrons. The molecule has 0 atom stereocenters. The van der Waals surface area contributed by atoms with Crippen LogP contribution >= 0.6 is 0 Å². The number of rotatable bonds is 7. The molecule has 0 spiro atoms. The molecule has 3 N–H and O–H groups in total. The Kier molecular flexibility index (Phi) is 6.35. The van der Waals surface area contributed by atoms with E-state index in [4.69, 9.17) is 5.11 Å². The van der Waals surface area contributed by atoms with E-state index in [2.05, 4.69) is 25.3 Å². The number of carbonyl (C=O) groups is 2. The summed E-state index contributed by atoms with van der Waals surface area (Å²) < 4.78 is 40.3. The number of hydrogen-bond acceptors (Lipinski definition) is 5. The number of anilines is 1. The lowest BCUT2D eigenvalue weighted by atomic mass is 10.3. The van der Waals surface area contributed by atoms with Gasteiger partial charge in [-0.3, -0.25) is 10.1 Å². The number of urea groups is 1. The summed E-state index contributed by atoms with van der Waals surface area (Å²) in [6.45, 7) is -1.42. The van der Waals surface area contributed by atoms with Gasteiger partial charge in [-0.05, 0) is 12.5 Å². The third-order valence-corrected chi connectivity index (χ3v) is 2.09. The lowest BCUT2D eigenvalue weighted by Crippen LogP contribution is -2.30. The second-order valence-electron chi connectivity index (χ2n) is 4.01. The van der Waals surface area contributed by atoms with E-state index in [0.717, 1.165) is 6.20 Å². The number of carboxylic acids is 1. The third-order valence-electron chi connectivity index (χ3n) is 2.09. The second-order valence-corrected chi connectivity index (χ2v) is 4.01. The van der Waals surface area contributed by atoms with Crippen LogP contribution in [0.3, 0.4) is 0 Å². The zero-order chi connectivity index (χ0) is 16.6. The maximum atomic E-state index is 12.0. The number of alkyl halides is 3. The van der Waals surface area contributed by atoms with Gasteiger partial charge < -0.3 is 15.2 Å². The molecule has 0 aliphatic carbocycles. The maximum Gasteiger partial charge on any atom is 0.422 e. The van der Waals surface area contributed by atoms with Crippen molar-refractivity contribution in [1.82, 2.24) is 15.3 Å². The van der Waals surface area contributed by atoms with Crippen LogP contribution in [-0.2, 0) is 4.79 Å². The van der Waals surface area contributed by atoms with Crippen molar-refractivity contribution in [1.29, 1.82) is 0 Å². The summed E-state index contributed by atoms with van der Waals surface area (Å²) in [5, 5.41) is 13.0. The zero-order valence-corrected chi connectivity index (χ0v) is 11.2. The van der Waals surface area contributed by atoms with Gasteiger partial charge in [0, 0.05) is 19.2 Å². The van der Waals surface area contributed by atoms with Crippen molar-refractivity contribution in [2.45, 2.75) is 19.0 Å². The Balaban J connectivity index is 2.42. The van der Waals surface area contributed by atoms with E-state index in [9.17, 15) is 22.8 Å². The van der Waals surface area contributed by atoms with E-state index in [1.807, 2.05) is 0 Å². The number of halogens is 3. The van der Waals surface area contributed by atoms with E-state index in [0.29, 0.717) is 0 Å². The number of carbonyl (C=O) groups excluding carboxylic acids is 1. The molecule has 0 aliphatic rings. The van der Waals surface area contributed by atoms with Gasteiger partial charge >= 0.3 is 24.2 Å². The van der Waals surface area contributed by atoms with Gasteiger partial charge in [0.05, 0.1) is 0 Å². The Labute approximate surface area is 122 Å². The Hall–Kier alpha value is -2.59. The Bertz CT molecular complexity index is 524. The number of ether oxygens (including phenoxy) is 1. The minimum Gasteiger partial charge on any atom is -0.481 e. The van der Waals surface area contributed by atoms with Crippen LogP contribution in [-0.4, -0.2) is 46.4 Å². The number of hydrogen-bond donors (Lipinski definition) is 3. The standard InChI is InChI=1S/C11H13F3N4O4/c12-11(13,14)6-22-10-16-5-3-7(18-10)17-9(21)15-4-1-2-8(19)20/h3,5H,1-2,4,6H2,(H,19,20)(H2,15,16,17,18,21). The quantitative estimate of drug-likeness (QED) is 0.654. The maximum absolute atomic E-state index is 12.0. The minimum absolute atomic E-state index is 0.0529. The van der Waals surface area contributed by atoms with E-state index in [-0.39, 0.29) is 25.2 Å². The lowest BCUT2D eigenvalue weighted by molar-refractivity contribution is -0.154. The van der Waals surface area contributed by atoms with Crippen molar-refractivity contribution in [2.24, 2.45) is 0 Å². The first kappa shape index (κ1) is 17.5. The van der Waals surface area contributed by atoms with Crippen LogP contribution in [0.4, 0.5) is 23.8 Å². The molecule has 1 heterocycles. The Morgan fingerprint density at radius 1 is 1.36 bits per heavy atom. The first-order chi connectivity index (χ1) is 10.3. The van der Waals surface area contributed by atoms with E-state index in [1.165, 1.54) is 6.07 Å². The van der Waals surface area contributed by atoms with Gasteiger partial charge in [0.1, 0.15) is 5.82 Å². The highest BCUT2D eigenvalue weighted by atomic mass is 19.4. The molecule has 0 bridgehead atoms. The summed E-state index contributed by atoms with van der Waals surface area (Å²) in [5.41, 5.74) is 0. The second kappa shape index (κ2) is 8.00. The van der Waals surface area contributed by atoms with Crippen LogP contribution in [0.15, 0.2) is 12.3 Å². The first-order valence-corrected chi connectivity index (χ1v) is 6.05. The average molecular weight is 322 g/mol. The number of nitrogens with zero attached hydrogens (tertiary/aromatic N) is 2. The molecule has 11 heteroatoms. The predicted octanol–water partition coefficient (Wildman–Crippen LogP) is 1.40. The van der Waals surface area contributed by atoms with Gasteiger partial charge in [-0.15, -0.1) is 0 Å². The summed E-state index contributed by atoms with van der Waals surface area (Å²) in [6, 6.07) is 0.0592. The van der Waals surface area contributed by atoms with Crippen LogP contribution in [0.5, 0.6) is 6.01 Å². The normalized spacial score (nSPS) is 10.9. The molecule has 22 heavy (non-hydrogen) atoms. The monoisotopic (exact) mass is 322 g/mol. The fourth-order valence-corrected chi connectivity index (χ4v) is 1.23. The molecule has 0 aliphatic heterocycles. The molecule has 1 aromatic heterocycles. The third kappa shape index (κ3) is 7.87. The van der Waals surface area contributed by atoms with Gasteiger partial charge in [0.15, 0.2) is 6.61 Å². The number of nitrogens with one attached hydrogen (secondary N) is 2. The van der Waals surface area contributed by atoms with Crippen LogP contribution in [0.1, 0.15) is 12.8 Å². The molecule has 0 unspecified atom stereocenters. The molecule has 122 valence electrons. The van der Waals surface area contributed by atoms with E-state index in [1.54, 1.807) is 0 Å². The fraction of sp³-hybridized carbons (Fsp3) is 0.455. The minimum atomic E-state index is -4.52. The largest absolute Gasteiger partial charge is 0.481 e. The molecule has 0 fully saturated rings. The number of aliphatic carboxylic acids is 1. The highest BCUT2D eigenvalue weighted by molar-refractivity contribution is 5.88. The van der Waals surface area contributed by atoms with Gasteiger partial charge in [0.2, 0.25) is 0 Å². The molecule has 0 saturated heterocycles. The zero-order valence-electron chi connectivity index (χ0n) is 11.2. The van der Waals surface area contributed by atoms with Crippen LogP contribution < -0.4 is 15.4 Å². The summed E-state index contributed by atoms with van der Waals surface area (Å²) in [4.78, 5) is 28.7. The molecule has 0 aromatic carbocycles. The van der Waals surface area contributed by atoms with Crippen LogP contribution in [0.2, 0.25) is 0 Å². The fourth-order valence-electron chi connectivity index (χ4n) is 1.23. The van der Waals surface area contributed by atoms with Crippen molar-refractivity contribution >= 4 is 17.8 Å². The summed E-state index contributed by atoms with van der Waals surface area (Å²) in [5.74, 6) is -1.03. The average Bonchev–Trinajstić information content (AvgIpc) is 2.41. The van der Waals surface area contributed by atoms with Crippen LogP contribution in [0.25, 0.3) is 0 Å². The summed E-state index contributed by atoms with van der Waals surface area (Å²) in [6.07, 6.45) is -3.25. The Morgan fingerprint density at radius 2 is 2.09 bits per heavy atom. The Morgan fingerprint density at radius 3 is 2.73 bits per heavy atom. The van der Waals surface area contributed by atoms with Crippen molar-refractivity contribution in [3.63, 3.8) is 0 Å². The summed E-state index contributed by atoms with van der Waals surface area (Å²) >= 11 is 0. The molecule has 8 nitrogen and oxygen atoms in total. The van der Waals surface area contributed by atoms with E-state index >= 15 is 0 Å². The van der Waals surface area contributed by atoms with Gasteiger partial charge in [-0.25, -0.2) is 9.78 Å². The van der Waals surface area contributed by atoms with E-state index < -0.39 is 30.8 Å². The topological polar surface area (TPSA) is 113 Å². The van der Waals surface area contributed by atoms with Gasteiger partial charge in [-0.1, -0.05) is 0 Å². The van der Waals surface area contributed by atoms with Crippen molar-refractivity contribution in [3.8, 4) is 6.01 Å². The molecule has 1 rings (SSSR count). The summed E-state index contributed by atoms with van der Waals surface area (Å²) in [7, 11) is 0. The SMILES string of the molecule is O=C(O)CCCNC(=O)Nc1ccnc(OCC(F)(F)F)n1. The molecule has 0 saturated carbocycles. The van der Waals surface area contributed by atoms with Crippen molar-refractivity contribution in [2.75, 3.05) is 18.5 Å². The number of carboxylic acid groups (broad SMARTS) is 1. The smallest absolute Gasteiger partial charge is 0.422 e. The molecule has 1 aromatic rings. The first-order valence-electron chi connectivity index (χ1n) is 6.05. The van der Waals surface area contributed by atoms with Crippen molar-refractivity contribution in [3.05, 3.63) is 12.3 Å². The van der Waals surface area contributed by atoms with Gasteiger partial charge in [0.25, 0.3) is 0 Å². The number of amides is 2. The molecule has 2 amide bonds. The molecular formula is C11H13F3N4O4. The van der Waals surface area contributed by atoms with Crippen LogP contribution in [0, 0.1) is 0 Å². The predicted molar refractivity (Wildman–Crippen MR) is 67.5 cm³/mol. The highest BCUT2D eigenvalue weighted by Gasteiger charge is 2.29. The molecular weight excluding hydrogens is 309 g/mol. The van der Waals surface area contributed by atoms with Gasteiger partial charge in [-0.2, -0.15) is 18.2 Å². The van der Waals surface area contributed by atoms with Crippen molar-refractivity contribution < 1.29 is 32.6 Å². The highest BCUT2D eigenvalue weighted by Crippen LogP contribution is 2.16. The lowest BCUT2D eigenvalue weighted by Gasteiger charge is -2.09.